The predicted molar refractivity (Wildman–Crippen MR) is 81.0 cm³/mol. The van der Waals surface area contributed by atoms with Crippen LogP contribution in [0, 0.1) is 0 Å². The highest BCUT2D eigenvalue weighted by molar-refractivity contribution is 9.10. The molecule has 2 aromatic rings. The molecule has 1 aromatic heterocycles. The van der Waals surface area contributed by atoms with Crippen molar-refractivity contribution in [3.8, 4) is 0 Å². The zero-order chi connectivity index (χ0) is 13.1. The minimum Gasteiger partial charge on any atom is -0.368 e. The van der Waals surface area contributed by atoms with Crippen molar-refractivity contribution in [1.82, 2.24) is 4.98 Å². The summed E-state index contributed by atoms with van der Waals surface area (Å²) in [4.78, 5) is 6.49. The third-order valence-electron chi connectivity index (χ3n) is 2.78. The number of nitrogens with two attached hydrogens (primary N) is 1. The van der Waals surface area contributed by atoms with E-state index in [0.717, 1.165) is 28.0 Å². The molecule has 0 bridgehead atoms. The fourth-order valence-corrected chi connectivity index (χ4v) is 2.77. The van der Waals surface area contributed by atoms with E-state index in [1.54, 1.807) is 11.3 Å². The minimum absolute atomic E-state index is 0.0194. The van der Waals surface area contributed by atoms with Gasteiger partial charge in [0.15, 0.2) is 0 Å². The van der Waals surface area contributed by atoms with Gasteiger partial charge in [-0.15, -0.1) is 11.3 Å². The molecular formula is C13H16BrN3S. The molecule has 3 nitrogen and oxygen atoms in total. The van der Waals surface area contributed by atoms with Gasteiger partial charge in [-0.05, 0) is 24.6 Å². The maximum absolute atomic E-state index is 6.02. The van der Waals surface area contributed by atoms with E-state index in [-0.39, 0.29) is 6.04 Å². The lowest BCUT2D eigenvalue weighted by Crippen LogP contribution is -2.20. The Labute approximate surface area is 120 Å². The third-order valence-corrected chi connectivity index (χ3v) is 3.91. The summed E-state index contributed by atoms with van der Waals surface area (Å²) in [6, 6.07) is 6.22. The number of benzene rings is 1. The summed E-state index contributed by atoms with van der Waals surface area (Å²) in [5.41, 5.74) is 11.3. The molecule has 2 rings (SSSR count). The van der Waals surface area contributed by atoms with Gasteiger partial charge in [0.05, 0.1) is 17.7 Å². The second kappa shape index (κ2) is 5.82. The molecule has 18 heavy (non-hydrogen) atoms. The van der Waals surface area contributed by atoms with Gasteiger partial charge in [0.1, 0.15) is 0 Å². The Morgan fingerprint density at radius 2 is 2.28 bits per heavy atom. The zero-order valence-corrected chi connectivity index (χ0v) is 12.8. The van der Waals surface area contributed by atoms with Crippen LogP contribution in [0.15, 0.2) is 33.6 Å². The van der Waals surface area contributed by atoms with Crippen LogP contribution in [-0.4, -0.2) is 12.0 Å². The first-order valence-electron chi connectivity index (χ1n) is 5.71. The third kappa shape index (κ3) is 3.10. The molecule has 0 amide bonds. The second-order valence-corrected chi connectivity index (χ2v) is 5.96. The Balaban J connectivity index is 2.28. The molecule has 1 aromatic carbocycles. The number of hydrogen-bond acceptors (Lipinski definition) is 4. The van der Waals surface area contributed by atoms with Gasteiger partial charge in [0.2, 0.25) is 0 Å². The molecule has 1 atom stereocenters. The van der Waals surface area contributed by atoms with E-state index in [0.29, 0.717) is 0 Å². The topological polar surface area (TPSA) is 42.1 Å². The Kier molecular flexibility index (Phi) is 4.37. The van der Waals surface area contributed by atoms with Crippen molar-refractivity contribution in [1.29, 1.82) is 0 Å². The quantitative estimate of drug-likeness (QED) is 0.934. The first-order valence-corrected chi connectivity index (χ1v) is 7.44. The maximum Gasteiger partial charge on any atom is 0.0795 e. The normalized spacial score (nSPS) is 12.4. The molecule has 0 aliphatic heterocycles. The van der Waals surface area contributed by atoms with Gasteiger partial charge in [-0.1, -0.05) is 22.0 Å². The number of hydrogen-bond donors (Lipinski definition) is 1. The van der Waals surface area contributed by atoms with Gasteiger partial charge >= 0.3 is 0 Å². The summed E-state index contributed by atoms with van der Waals surface area (Å²) < 4.78 is 1.06. The summed E-state index contributed by atoms with van der Waals surface area (Å²) >= 11 is 5.13. The summed E-state index contributed by atoms with van der Waals surface area (Å²) in [5.74, 6) is 0. The van der Waals surface area contributed by atoms with Gasteiger partial charge < -0.3 is 10.6 Å². The van der Waals surface area contributed by atoms with Crippen LogP contribution in [-0.2, 0) is 6.54 Å². The van der Waals surface area contributed by atoms with Crippen molar-refractivity contribution in [3.63, 3.8) is 0 Å². The van der Waals surface area contributed by atoms with Gasteiger partial charge in [-0.2, -0.15) is 0 Å². The number of thiazole rings is 1. The predicted octanol–water partition coefficient (Wildman–Crippen LogP) is 3.56. The largest absolute Gasteiger partial charge is 0.368 e. The van der Waals surface area contributed by atoms with E-state index in [1.165, 1.54) is 0 Å². The first-order chi connectivity index (χ1) is 8.58. The van der Waals surface area contributed by atoms with Crippen molar-refractivity contribution in [3.05, 3.63) is 44.8 Å². The molecule has 1 unspecified atom stereocenters. The van der Waals surface area contributed by atoms with E-state index in [9.17, 15) is 0 Å². The first kappa shape index (κ1) is 13.5. The van der Waals surface area contributed by atoms with Crippen LogP contribution in [0.5, 0.6) is 0 Å². The van der Waals surface area contributed by atoms with E-state index in [2.05, 4.69) is 50.4 Å². The highest BCUT2D eigenvalue weighted by atomic mass is 79.9. The van der Waals surface area contributed by atoms with E-state index < -0.39 is 0 Å². The summed E-state index contributed by atoms with van der Waals surface area (Å²) in [7, 11) is 2.06. The Morgan fingerprint density at radius 1 is 1.50 bits per heavy atom. The average molecular weight is 326 g/mol. The van der Waals surface area contributed by atoms with Crippen molar-refractivity contribution in [2.24, 2.45) is 5.73 Å². The van der Waals surface area contributed by atoms with Crippen LogP contribution in [0.2, 0.25) is 0 Å². The van der Waals surface area contributed by atoms with Gasteiger partial charge in [-0.25, -0.2) is 4.98 Å². The molecule has 1 heterocycles. The monoisotopic (exact) mass is 325 g/mol. The molecule has 0 radical (unpaired) electrons. The lowest BCUT2D eigenvalue weighted by Gasteiger charge is -2.23. The molecule has 2 N–H and O–H groups in total. The Morgan fingerprint density at radius 3 is 2.89 bits per heavy atom. The highest BCUT2D eigenvalue weighted by Crippen LogP contribution is 2.29. The van der Waals surface area contributed by atoms with Gasteiger partial charge in [0, 0.05) is 28.6 Å². The fourth-order valence-electron chi connectivity index (χ4n) is 1.88. The lowest BCUT2D eigenvalue weighted by atomic mass is 10.1. The summed E-state index contributed by atoms with van der Waals surface area (Å²) in [6.07, 6.45) is 0. The standard InChI is InChI=1S/C13H16BrN3S/c1-9(15)12-4-3-10(14)5-13(12)17(2)6-11-7-18-8-16-11/h3-5,7-9H,6,15H2,1-2H3. The number of rotatable bonds is 4. The van der Waals surface area contributed by atoms with Gasteiger partial charge in [-0.3, -0.25) is 0 Å². The number of anilines is 1. The second-order valence-electron chi connectivity index (χ2n) is 4.33. The van der Waals surface area contributed by atoms with E-state index >= 15 is 0 Å². The number of halogens is 1. The fraction of sp³-hybridized carbons (Fsp3) is 0.308. The van der Waals surface area contributed by atoms with Crippen LogP contribution in [0.25, 0.3) is 0 Å². The smallest absolute Gasteiger partial charge is 0.0795 e. The molecule has 0 saturated carbocycles. The minimum atomic E-state index is 0.0194. The molecule has 0 aliphatic rings. The molecule has 96 valence electrons. The van der Waals surface area contributed by atoms with Crippen LogP contribution in [0.1, 0.15) is 24.2 Å². The Hall–Kier alpha value is -0.910. The number of nitrogens with zero attached hydrogens (tertiary/aromatic N) is 2. The molecule has 0 aliphatic carbocycles. The Bertz CT molecular complexity index is 511. The van der Waals surface area contributed by atoms with Crippen molar-refractivity contribution >= 4 is 33.0 Å². The van der Waals surface area contributed by atoms with Crippen LogP contribution in [0.3, 0.4) is 0 Å². The van der Waals surface area contributed by atoms with Crippen molar-refractivity contribution in [2.45, 2.75) is 19.5 Å². The van der Waals surface area contributed by atoms with Gasteiger partial charge in [0.25, 0.3) is 0 Å². The van der Waals surface area contributed by atoms with Crippen LogP contribution >= 0.6 is 27.3 Å². The molecule has 0 spiro atoms. The van der Waals surface area contributed by atoms with E-state index in [1.807, 2.05) is 18.5 Å². The van der Waals surface area contributed by atoms with E-state index in [4.69, 9.17) is 5.73 Å². The SMILES string of the molecule is CC(N)c1ccc(Br)cc1N(C)Cc1cscn1. The molecular weight excluding hydrogens is 310 g/mol. The average Bonchev–Trinajstić information content (AvgIpc) is 2.81. The highest BCUT2D eigenvalue weighted by Gasteiger charge is 2.12. The van der Waals surface area contributed by atoms with Crippen LogP contribution < -0.4 is 10.6 Å². The molecule has 5 heteroatoms. The van der Waals surface area contributed by atoms with Crippen LogP contribution in [0.4, 0.5) is 5.69 Å². The number of aromatic nitrogens is 1. The molecule has 0 fully saturated rings. The zero-order valence-electron chi connectivity index (χ0n) is 10.4. The lowest BCUT2D eigenvalue weighted by molar-refractivity contribution is 0.797. The van der Waals surface area contributed by atoms with Crippen molar-refractivity contribution in [2.75, 3.05) is 11.9 Å². The molecule has 0 saturated heterocycles. The summed E-state index contributed by atoms with van der Waals surface area (Å²) in [6.45, 7) is 2.79. The van der Waals surface area contributed by atoms with Crippen molar-refractivity contribution < 1.29 is 0 Å². The summed E-state index contributed by atoms with van der Waals surface area (Å²) in [5, 5.41) is 2.07. The maximum atomic E-state index is 6.02.